The van der Waals surface area contributed by atoms with Crippen LogP contribution in [0.25, 0.3) is 0 Å². The van der Waals surface area contributed by atoms with Crippen molar-refractivity contribution in [1.29, 1.82) is 0 Å². The molecule has 1 aromatic heterocycles. The van der Waals surface area contributed by atoms with E-state index in [0.29, 0.717) is 11.5 Å². The van der Waals surface area contributed by atoms with Crippen LogP contribution in [-0.2, 0) is 9.53 Å². The Bertz CT molecular complexity index is 557. The molecule has 2 rings (SSSR count). The number of ether oxygens (including phenoxy) is 1. The van der Waals surface area contributed by atoms with Crippen molar-refractivity contribution in [1.82, 2.24) is 10.2 Å². The molecular weight excluding hydrogens is 294 g/mol. The molecule has 0 amide bonds. The number of carbonyl (C=O) groups is 1. The SMILES string of the molecule is C/C(CC(=O)OC(C)(C)C)=N/Nc1ccc(N2CCCC2)nn1. The summed E-state index contributed by atoms with van der Waals surface area (Å²) in [5.74, 6) is 1.15. The predicted octanol–water partition coefficient (Wildman–Crippen LogP) is 2.60. The number of hydrogen-bond acceptors (Lipinski definition) is 7. The third-order valence-corrected chi connectivity index (χ3v) is 3.26. The molecule has 7 nitrogen and oxygen atoms in total. The molecule has 1 aliphatic rings. The van der Waals surface area contributed by atoms with Crippen molar-refractivity contribution >= 4 is 23.3 Å². The third kappa shape index (κ3) is 5.84. The third-order valence-electron chi connectivity index (χ3n) is 3.26. The zero-order chi connectivity index (χ0) is 16.9. The second kappa shape index (κ2) is 7.39. The predicted molar refractivity (Wildman–Crippen MR) is 90.7 cm³/mol. The maximum absolute atomic E-state index is 11.7. The summed E-state index contributed by atoms with van der Waals surface area (Å²) >= 11 is 0. The van der Waals surface area contributed by atoms with Crippen LogP contribution in [0.2, 0.25) is 0 Å². The van der Waals surface area contributed by atoms with E-state index in [1.54, 1.807) is 6.92 Å². The number of nitrogens with zero attached hydrogens (tertiary/aromatic N) is 4. The van der Waals surface area contributed by atoms with Gasteiger partial charge in [0.15, 0.2) is 11.6 Å². The number of aromatic nitrogens is 2. The van der Waals surface area contributed by atoms with E-state index in [1.807, 2.05) is 32.9 Å². The Kier molecular flexibility index (Phi) is 5.52. The normalized spacial score (nSPS) is 15.7. The Labute approximate surface area is 137 Å². The van der Waals surface area contributed by atoms with Crippen LogP contribution in [0.15, 0.2) is 17.2 Å². The molecule has 0 bridgehead atoms. The average Bonchev–Trinajstić information content (AvgIpc) is 2.97. The molecule has 1 fully saturated rings. The molecule has 1 N–H and O–H groups in total. The van der Waals surface area contributed by atoms with Gasteiger partial charge in [0.2, 0.25) is 0 Å². The fourth-order valence-corrected chi connectivity index (χ4v) is 2.28. The van der Waals surface area contributed by atoms with Gasteiger partial charge in [0.05, 0.1) is 6.42 Å². The molecule has 0 aliphatic carbocycles. The Morgan fingerprint density at radius 3 is 2.57 bits per heavy atom. The Morgan fingerprint density at radius 2 is 2.00 bits per heavy atom. The first-order chi connectivity index (χ1) is 10.8. The van der Waals surface area contributed by atoms with Crippen LogP contribution in [-0.4, -0.2) is 40.6 Å². The van der Waals surface area contributed by atoms with E-state index in [1.165, 1.54) is 12.8 Å². The Balaban J connectivity index is 1.85. The van der Waals surface area contributed by atoms with E-state index >= 15 is 0 Å². The minimum absolute atomic E-state index is 0.142. The van der Waals surface area contributed by atoms with Crippen LogP contribution < -0.4 is 10.3 Å². The van der Waals surface area contributed by atoms with Gasteiger partial charge in [0.1, 0.15) is 5.60 Å². The van der Waals surface area contributed by atoms with Crippen molar-refractivity contribution in [2.75, 3.05) is 23.4 Å². The summed E-state index contributed by atoms with van der Waals surface area (Å²) in [5.41, 5.74) is 2.96. The summed E-state index contributed by atoms with van der Waals surface area (Å²) in [6.07, 6.45) is 2.55. The van der Waals surface area contributed by atoms with Gasteiger partial charge in [-0.25, -0.2) is 0 Å². The van der Waals surface area contributed by atoms with Crippen LogP contribution in [0.5, 0.6) is 0 Å². The standard InChI is InChI=1S/C16H25N5O2/c1-12(11-15(22)23-16(2,3)4)17-18-13-7-8-14(20-19-13)21-9-5-6-10-21/h7-8H,5-6,9-11H2,1-4H3,(H,18,19)/b17-12-. The number of hydrogen-bond donors (Lipinski definition) is 1. The lowest BCUT2D eigenvalue weighted by Crippen LogP contribution is -2.25. The lowest BCUT2D eigenvalue weighted by Gasteiger charge is -2.19. The highest BCUT2D eigenvalue weighted by Crippen LogP contribution is 2.17. The molecule has 0 unspecified atom stereocenters. The number of rotatable bonds is 5. The molecule has 1 saturated heterocycles. The fourth-order valence-electron chi connectivity index (χ4n) is 2.28. The molecule has 23 heavy (non-hydrogen) atoms. The first-order valence-corrected chi connectivity index (χ1v) is 7.93. The van der Waals surface area contributed by atoms with Crippen molar-refractivity contribution in [2.45, 2.75) is 52.6 Å². The van der Waals surface area contributed by atoms with Crippen molar-refractivity contribution in [3.05, 3.63) is 12.1 Å². The minimum atomic E-state index is -0.484. The molecule has 0 atom stereocenters. The summed E-state index contributed by atoms with van der Waals surface area (Å²) in [7, 11) is 0. The van der Waals surface area contributed by atoms with E-state index in [-0.39, 0.29) is 12.4 Å². The van der Waals surface area contributed by atoms with Crippen molar-refractivity contribution in [3.8, 4) is 0 Å². The molecule has 0 saturated carbocycles. The molecule has 0 spiro atoms. The number of anilines is 2. The largest absolute Gasteiger partial charge is 0.460 e. The molecular formula is C16H25N5O2. The van der Waals surface area contributed by atoms with Gasteiger partial charge >= 0.3 is 5.97 Å². The van der Waals surface area contributed by atoms with Crippen LogP contribution in [0.1, 0.15) is 47.0 Å². The van der Waals surface area contributed by atoms with Crippen molar-refractivity contribution < 1.29 is 9.53 Å². The van der Waals surface area contributed by atoms with Gasteiger partial charge < -0.3 is 9.64 Å². The van der Waals surface area contributed by atoms with Gasteiger partial charge in [0, 0.05) is 18.8 Å². The lowest BCUT2D eigenvalue weighted by molar-refractivity contribution is -0.153. The zero-order valence-electron chi connectivity index (χ0n) is 14.3. The molecule has 1 aliphatic heterocycles. The van der Waals surface area contributed by atoms with E-state index in [9.17, 15) is 4.79 Å². The van der Waals surface area contributed by atoms with Gasteiger partial charge in [-0.15, -0.1) is 10.2 Å². The molecule has 2 heterocycles. The Hall–Kier alpha value is -2.18. The highest BCUT2D eigenvalue weighted by molar-refractivity contribution is 5.97. The van der Waals surface area contributed by atoms with Crippen LogP contribution in [0, 0.1) is 0 Å². The maximum atomic E-state index is 11.7. The molecule has 7 heteroatoms. The van der Waals surface area contributed by atoms with Gasteiger partial charge in [-0.3, -0.25) is 10.2 Å². The van der Waals surface area contributed by atoms with Gasteiger partial charge in [0.25, 0.3) is 0 Å². The van der Waals surface area contributed by atoms with Crippen LogP contribution >= 0.6 is 0 Å². The molecule has 0 radical (unpaired) electrons. The number of nitrogens with one attached hydrogen (secondary N) is 1. The smallest absolute Gasteiger partial charge is 0.312 e. The quantitative estimate of drug-likeness (QED) is 0.510. The molecule has 126 valence electrons. The average molecular weight is 319 g/mol. The summed E-state index contributed by atoms with van der Waals surface area (Å²) in [6, 6.07) is 3.77. The first kappa shape index (κ1) is 17.2. The highest BCUT2D eigenvalue weighted by Gasteiger charge is 2.17. The summed E-state index contributed by atoms with van der Waals surface area (Å²) in [4.78, 5) is 13.9. The van der Waals surface area contributed by atoms with E-state index in [0.717, 1.165) is 18.9 Å². The topological polar surface area (TPSA) is 79.7 Å². The van der Waals surface area contributed by atoms with Crippen molar-refractivity contribution in [3.63, 3.8) is 0 Å². The number of esters is 1. The minimum Gasteiger partial charge on any atom is -0.460 e. The second-order valence-electron chi connectivity index (χ2n) is 6.69. The maximum Gasteiger partial charge on any atom is 0.312 e. The first-order valence-electron chi connectivity index (χ1n) is 7.93. The van der Waals surface area contributed by atoms with Crippen molar-refractivity contribution in [2.24, 2.45) is 5.10 Å². The van der Waals surface area contributed by atoms with Crippen LogP contribution in [0.4, 0.5) is 11.6 Å². The monoisotopic (exact) mass is 319 g/mol. The summed E-state index contributed by atoms with van der Waals surface area (Å²) < 4.78 is 5.25. The van der Waals surface area contributed by atoms with E-state index in [2.05, 4.69) is 25.6 Å². The second-order valence-corrected chi connectivity index (χ2v) is 6.69. The van der Waals surface area contributed by atoms with Crippen LogP contribution in [0.3, 0.4) is 0 Å². The van der Waals surface area contributed by atoms with Gasteiger partial charge in [-0.05, 0) is 52.7 Å². The fraction of sp³-hybridized carbons (Fsp3) is 0.625. The van der Waals surface area contributed by atoms with Gasteiger partial charge in [-0.1, -0.05) is 0 Å². The van der Waals surface area contributed by atoms with E-state index < -0.39 is 5.60 Å². The summed E-state index contributed by atoms with van der Waals surface area (Å²) in [6.45, 7) is 9.36. The highest BCUT2D eigenvalue weighted by atomic mass is 16.6. The number of hydrazone groups is 1. The molecule has 0 aromatic carbocycles. The Morgan fingerprint density at radius 1 is 1.30 bits per heavy atom. The summed E-state index contributed by atoms with van der Waals surface area (Å²) in [5, 5.41) is 12.4. The zero-order valence-corrected chi connectivity index (χ0v) is 14.3. The molecule has 1 aromatic rings. The lowest BCUT2D eigenvalue weighted by atomic mass is 10.2. The van der Waals surface area contributed by atoms with Gasteiger partial charge in [-0.2, -0.15) is 5.10 Å². The number of carbonyl (C=O) groups excluding carboxylic acids is 1. The van der Waals surface area contributed by atoms with E-state index in [4.69, 9.17) is 4.74 Å².